The molecule has 0 bridgehead atoms. The Balaban J connectivity index is 0.927. The Hall–Kier alpha value is -4.53. The molecule has 0 spiro atoms. The summed E-state index contributed by atoms with van der Waals surface area (Å²) in [5.74, 6) is -0.117. The van der Waals surface area contributed by atoms with E-state index in [1.807, 2.05) is 27.2 Å². The average molecular weight is 815 g/mol. The van der Waals surface area contributed by atoms with Gasteiger partial charge in [-0.2, -0.15) is 4.98 Å². The van der Waals surface area contributed by atoms with Crippen molar-refractivity contribution in [2.24, 2.45) is 0 Å². The number of aliphatic hydroxyl groups is 2. The van der Waals surface area contributed by atoms with Crippen LogP contribution in [-0.2, 0) is 18.6 Å². The second-order valence-corrected chi connectivity index (χ2v) is 16.1. The molecule has 2 aromatic heterocycles. The number of nitrogens with two attached hydrogens (primary N) is 1. The van der Waals surface area contributed by atoms with Gasteiger partial charge in [0, 0.05) is 50.9 Å². The third-order valence-electron chi connectivity index (χ3n) is 9.47. The van der Waals surface area contributed by atoms with E-state index in [1.54, 1.807) is 11.3 Å². The van der Waals surface area contributed by atoms with Crippen molar-refractivity contribution in [3.63, 3.8) is 0 Å². The number of carbonyl (C=O) groups excluding carboxylic acids is 1. The molecule has 0 saturated carbocycles. The summed E-state index contributed by atoms with van der Waals surface area (Å²) >= 11 is 1.72. The topological polar surface area (TPSA) is 269 Å². The van der Waals surface area contributed by atoms with Gasteiger partial charge in [-0.05, 0) is 43.5 Å². The number of nitrogens with zero attached hydrogens (tertiary/aromatic N) is 6. The average Bonchev–Trinajstić information content (AvgIpc) is 3.64. The molecule has 1 fully saturated rings. The molecule has 6 rings (SSSR count). The highest BCUT2D eigenvalue weighted by Gasteiger charge is 2.46. The largest absolute Gasteiger partial charge is 0.756 e. The van der Waals surface area contributed by atoms with Crippen molar-refractivity contribution in [1.82, 2.24) is 34.4 Å². The Morgan fingerprint density at radius 2 is 1.88 bits per heavy atom. The van der Waals surface area contributed by atoms with Gasteiger partial charge in [-0.3, -0.25) is 23.7 Å². The normalized spacial score (nSPS) is 19.4. The second kappa shape index (κ2) is 17.7. The molecule has 5 atom stereocenters. The summed E-state index contributed by atoms with van der Waals surface area (Å²) in [6, 6.07) is 12.5. The van der Waals surface area contributed by atoms with Crippen molar-refractivity contribution in [2.75, 3.05) is 63.3 Å². The molecule has 2 aliphatic heterocycles. The fraction of sp³-hybridized carbons (Fsp3) is 0.486. The van der Waals surface area contributed by atoms with Crippen LogP contribution in [0.25, 0.3) is 32.0 Å². The molecule has 1 aromatic carbocycles. The number of carbonyl (C=O) groups is 1. The number of fused-ring (bicyclic) bond motifs is 3. The smallest absolute Gasteiger partial charge is 0.280 e. The van der Waals surface area contributed by atoms with Gasteiger partial charge in [0.05, 0.1) is 27.4 Å². The zero-order valence-electron chi connectivity index (χ0n) is 31.3. The van der Waals surface area contributed by atoms with Crippen LogP contribution in [0.1, 0.15) is 44.8 Å². The van der Waals surface area contributed by atoms with Crippen LogP contribution in [0.5, 0.6) is 0 Å². The van der Waals surface area contributed by atoms with Crippen molar-refractivity contribution in [3.05, 3.63) is 52.1 Å². The maximum Gasteiger partial charge on any atom is 0.280 e. The molecule has 1 amide bonds. The SMILES string of the molecule is CN(CCCC(=O)NCCCCCCNc1nc2c(=O)[nH]c(N)nc2n1[C@@H]1O[C@H](COP(=O)([O-])O)[C@@H](O)[C@H]1O)c1ccc2nc3ccc(=[N+](C)C)cc-3sc2c1. The number of ether oxygens (including phenoxy) is 1. The first-order chi connectivity index (χ1) is 26.7. The van der Waals surface area contributed by atoms with Crippen LogP contribution in [0.3, 0.4) is 0 Å². The highest BCUT2D eigenvalue weighted by molar-refractivity contribution is 7.44. The number of aromatic nitrogens is 5. The van der Waals surface area contributed by atoms with Crippen LogP contribution >= 0.6 is 19.2 Å². The Morgan fingerprint density at radius 1 is 1.11 bits per heavy atom. The number of benzene rings is 2. The number of amides is 1. The van der Waals surface area contributed by atoms with Crippen LogP contribution in [-0.4, -0.2) is 111 Å². The molecule has 1 saturated heterocycles. The number of rotatable bonds is 17. The van der Waals surface area contributed by atoms with Gasteiger partial charge in [-0.15, -0.1) is 11.3 Å². The predicted octanol–water partition coefficient (Wildman–Crippen LogP) is 0.550. The first kappa shape index (κ1) is 41.1. The summed E-state index contributed by atoms with van der Waals surface area (Å²) < 4.78 is 25.6. The van der Waals surface area contributed by atoms with Crippen molar-refractivity contribution in [2.45, 2.75) is 63.1 Å². The van der Waals surface area contributed by atoms with Crippen molar-refractivity contribution in [3.8, 4) is 10.6 Å². The van der Waals surface area contributed by atoms with Crippen LogP contribution < -0.4 is 41.7 Å². The molecule has 21 heteroatoms. The van der Waals surface area contributed by atoms with Gasteiger partial charge in [0.15, 0.2) is 17.4 Å². The molecule has 8 N–H and O–H groups in total. The van der Waals surface area contributed by atoms with Crippen molar-refractivity contribution >= 4 is 64.0 Å². The number of nitrogen functional groups attached to an aromatic ring is 1. The molecule has 3 aliphatic rings. The van der Waals surface area contributed by atoms with Crippen molar-refractivity contribution in [1.29, 1.82) is 0 Å². The maximum absolute atomic E-state index is 12.6. The van der Waals surface area contributed by atoms with Crippen LogP contribution in [0.4, 0.5) is 17.6 Å². The number of aliphatic hydroxyl groups excluding tert-OH is 2. The molecule has 302 valence electrons. The number of hydrogen-bond acceptors (Lipinski definition) is 15. The summed E-state index contributed by atoms with van der Waals surface area (Å²) in [7, 11) is 0.944. The van der Waals surface area contributed by atoms with Gasteiger partial charge < -0.3 is 50.5 Å². The Bertz CT molecular complexity index is 2320. The van der Waals surface area contributed by atoms with Crippen LogP contribution in [0.15, 0.2) is 41.2 Å². The summed E-state index contributed by atoms with van der Waals surface area (Å²) in [5, 5.41) is 28.5. The fourth-order valence-electron chi connectivity index (χ4n) is 6.46. The number of phosphoric ester groups is 1. The number of unbranched alkanes of at least 4 members (excludes halogenated alkanes) is 3. The van der Waals surface area contributed by atoms with Crippen LogP contribution in [0.2, 0.25) is 0 Å². The van der Waals surface area contributed by atoms with Crippen molar-refractivity contribution < 1.29 is 38.6 Å². The molecule has 19 nitrogen and oxygen atoms in total. The monoisotopic (exact) mass is 814 g/mol. The van der Waals surface area contributed by atoms with Gasteiger partial charge in [0.25, 0.3) is 13.4 Å². The summed E-state index contributed by atoms with van der Waals surface area (Å²) in [5.41, 5.74) is 7.98. The number of nitrogens with one attached hydrogen (secondary N) is 3. The third kappa shape index (κ3) is 9.88. The first-order valence-corrected chi connectivity index (χ1v) is 20.5. The lowest BCUT2D eigenvalue weighted by molar-refractivity contribution is -0.222. The molecular weight excluding hydrogens is 767 g/mol. The van der Waals surface area contributed by atoms with E-state index in [1.165, 1.54) is 4.57 Å². The van der Waals surface area contributed by atoms with E-state index in [0.717, 1.165) is 57.6 Å². The van der Waals surface area contributed by atoms with Crippen LogP contribution in [0, 0.1) is 0 Å². The molecular formula is C35H47N10O9PS. The van der Waals surface area contributed by atoms with E-state index in [-0.39, 0.29) is 29.0 Å². The second-order valence-electron chi connectivity index (χ2n) is 13.9. The highest BCUT2D eigenvalue weighted by Crippen LogP contribution is 2.37. The van der Waals surface area contributed by atoms with Gasteiger partial charge in [0.1, 0.15) is 32.4 Å². The Morgan fingerprint density at radius 3 is 2.62 bits per heavy atom. The minimum atomic E-state index is -5.12. The summed E-state index contributed by atoms with van der Waals surface area (Å²) in [6.45, 7) is 0.916. The third-order valence-corrected chi connectivity index (χ3v) is 11.0. The number of hydrogen-bond donors (Lipinski definition) is 7. The van der Waals surface area contributed by atoms with E-state index < -0.39 is 44.5 Å². The molecule has 1 aliphatic carbocycles. The van der Waals surface area contributed by atoms with Gasteiger partial charge in [-0.25, -0.2) is 14.5 Å². The van der Waals surface area contributed by atoms with E-state index in [4.69, 9.17) is 20.3 Å². The Labute approximate surface area is 325 Å². The van der Waals surface area contributed by atoms with Gasteiger partial charge in [0.2, 0.25) is 23.2 Å². The lowest BCUT2D eigenvalue weighted by Crippen LogP contribution is -2.34. The molecule has 1 unspecified atom stereocenters. The lowest BCUT2D eigenvalue weighted by atomic mass is 10.1. The van der Waals surface area contributed by atoms with E-state index in [2.05, 4.69) is 69.9 Å². The van der Waals surface area contributed by atoms with E-state index in [0.29, 0.717) is 32.4 Å². The molecule has 3 aromatic rings. The zero-order valence-corrected chi connectivity index (χ0v) is 33.0. The number of aromatic amines is 1. The molecule has 56 heavy (non-hydrogen) atoms. The predicted molar refractivity (Wildman–Crippen MR) is 210 cm³/mol. The van der Waals surface area contributed by atoms with Gasteiger partial charge in [-0.1, -0.05) is 12.8 Å². The standard InChI is InChI=1S/C35H47N10O9PS/c1-43(2)20-10-12-22-25(17-20)56-26-18-21(11-13-23(26)39-22)44(3)16-8-9-27(46)37-14-6-4-5-7-15-38-35-40-28-31(41-34(36)42-32(28)49)45(35)33-30(48)29(47)24(54-33)19-53-55(50,51)52/h10-13,17-18,24,29-30,33,39,47-48H,4-9,14-16,19H2,1-3H3,(H5,36,37,42,46,49,50,51,52)/t24-,29-,30-,33-/m1/s1. The lowest BCUT2D eigenvalue weighted by Gasteiger charge is -2.21. The zero-order chi connectivity index (χ0) is 40.1. The highest BCUT2D eigenvalue weighted by atomic mass is 32.1. The quantitative estimate of drug-likeness (QED) is 0.0292. The first-order valence-electron chi connectivity index (χ1n) is 18.2. The number of imidazole rings is 1. The van der Waals surface area contributed by atoms with Gasteiger partial charge >= 0.3 is 0 Å². The maximum atomic E-state index is 12.6. The molecule has 4 heterocycles. The number of H-pyrrole nitrogens is 1. The Kier molecular flexibility index (Phi) is 13.0. The van der Waals surface area contributed by atoms with E-state index in [9.17, 15) is 29.3 Å². The number of anilines is 3. The minimum absolute atomic E-state index is 0.00458. The minimum Gasteiger partial charge on any atom is -0.756 e. The van der Waals surface area contributed by atoms with E-state index >= 15 is 0 Å². The number of phosphoric acid groups is 1. The summed E-state index contributed by atoms with van der Waals surface area (Å²) in [4.78, 5) is 64.1. The fourth-order valence-corrected chi connectivity index (χ4v) is 7.83. The molecule has 0 radical (unpaired) electrons. The summed E-state index contributed by atoms with van der Waals surface area (Å²) in [6.07, 6.45) is -1.66.